The van der Waals surface area contributed by atoms with Gasteiger partial charge in [0.15, 0.2) is 6.23 Å². The third-order valence-corrected chi connectivity index (χ3v) is 25.4. The highest BCUT2D eigenvalue weighted by atomic mass is 16.6. The summed E-state index contributed by atoms with van der Waals surface area (Å²) in [6.45, 7) is 18.3. The molecule has 1 unspecified atom stereocenters. The molecule has 43 heteroatoms. The number of unbranched alkanes of at least 4 members (excludes halogenated alkanes) is 1. The van der Waals surface area contributed by atoms with E-state index in [9.17, 15) is 87.9 Å². The summed E-state index contributed by atoms with van der Waals surface area (Å²) in [6.07, 6.45) is -3.69. The summed E-state index contributed by atoms with van der Waals surface area (Å²) < 4.78 is 53.3. The number of urea groups is 1. The van der Waals surface area contributed by atoms with E-state index in [1.54, 1.807) is 104 Å². The largest absolute Gasteiger partial charge is 0.445 e. The van der Waals surface area contributed by atoms with Crippen molar-refractivity contribution in [3.63, 3.8) is 0 Å². The number of carbonyl (C=O) groups excluding carboxylic acids is 13. The number of aromatic nitrogens is 3. The van der Waals surface area contributed by atoms with Gasteiger partial charge in [-0.3, -0.25) is 62.5 Å². The first kappa shape index (κ1) is 115. The van der Waals surface area contributed by atoms with Crippen LogP contribution < -0.4 is 48.3 Å². The van der Waals surface area contributed by atoms with Gasteiger partial charge in [-0.05, 0) is 118 Å². The van der Waals surface area contributed by atoms with Crippen LogP contribution in [-0.2, 0) is 108 Å². The lowest BCUT2D eigenvalue weighted by Gasteiger charge is -2.41. The molecule has 1 aromatic heterocycles. The molecule has 0 bridgehead atoms. The fraction of sp³-hybridized carbons (Fsp3) is 0.695. The lowest BCUT2D eigenvalue weighted by atomic mass is 9.89. The van der Waals surface area contributed by atoms with Crippen molar-refractivity contribution < 1.29 is 130 Å². The van der Waals surface area contributed by atoms with Crippen molar-refractivity contribution in [3.8, 4) is 0 Å². The monoisotopic (exact) mass is 1950 g/mol. The van der Waals surface area contributed by atoms with Crippen molar-refractivity contribution in [2.24, 2.45) is 35.3 Å². The fourth-order valence-electron chi connectivity index (χ4n) is 17.3. The Hall–Kier alpha value is -10.3. The smallest absolute Gasteiger partial charge is 0.410 e. The second-order valence-corrected chi connectivity index (χ2v) is 36.5. The van der Waals surface area contributed by atoms with E-state index in [0.29, 0.717) is 74.0 Å². The van der Waals surface area contributed by atoms with Gasteiger partial charge in [0.25, 0.3) is 11.8 Å². The number of hydrogen-bond donors (Lipinski definition) is 14. The van der Waals surface area contributed by atoms with Crippen molar-refractivity contribution in [2.45, 2.75) is 276 Å². The molecular formula is C95H150N16O27. The SMILES string of the molecule is CC[C@H](C)[C@@H]([C@@H](CC(=O)N1CCC[C@H]1[C@H](OC)[C@@H](C)C(=O)N[C@H](C)[C@@H](O)c1ccccc1)OC)N(C)C(=O)[C@@H](NC(=O)[C@H](C(C)C)N(C)C(=O)OCc1ccc(NC(=O)[C@H](CCCNC(N)=O)NC(=O)[C@@H](NC(=O)[C@@H](CCCCNC(=O)COC2CCCCCc3c2nnn3[C@@H]2O[C@H](CO)[C@H](O)[C@H](O)[C@H]2O)NC(=O)CCOCCOCCOCCOCCN2C(=O)C=CC2=O)C(C)C)cc1)C(C)C. The molecule has 138 heavy (non-hydrogen) atoms. The zero-order valence-electron chi connectivity index (χ0n) is 82.2. The van der Waals surface area contributed by atoms with Gasteiger partial charge in [-0.2, -0.15) is 0 Å². The molecule has 772 valence electrons. The van der Waals surface area contributed by atoms with Gasteiger partial charge in [-0.15, -0.1) is 5.10 Å². The van der Waals surface area contributed by atoms with Gasteiger partial charge in [0, 0.05) is 72.2 Å². The van der Waals surface area contributed by atoms with Crippen LogP contribution in [0.2, 0.25) is 0 Å². The van der Waals surface area contributed by atoms with Crippen LogP contribution in [0.15, 0.2) is 66.7 Å². The number of nitrogens with zero attached hydrogens (tertiary/aromatic N) is 7. The van der Waals surface area contributed by atoms with Gasteiger partial charge in [0.1, 0.15) is 79.6 Å². The summed E-state index contributed by atoms with van der Waals surface area (Å²) in [5.41, 5.74) is 7.67. The zero-order chi connectivity index (χ0) is 101. The van der Waals surface area contributed by atoms with Crippen LogP contribution >= 0.6 is 0 Å². The minimum Gasteiger partial charge on any atom is -0.445 e. The Morgan fingerprint density at radius 2 is 1.25 bits per heavy atom. The Balaban J connectivity index is 0.937. The van der Waals surface area contributed by atoms with E-state index >= 15 is 0 Å². The number of rotatable bonds is 59. The van der Waals surface area contributed by atoms with Crippen molar-refractivity contribution in [1.29, 1.82) is 0 Å². The number of nitrogens with one attached hydrogen (secondary N) is 8. The summed E-state index contributed by atoms with van der Waals surface area (Å²) in [6, 6.07) is 6.56. The summed E-state index contributed by atoms with van der Waals surface area (Å²) in [5.74, 6) is -8.27. The highest BCUT2D eigenvalue weighted by Crippen LogP contribution is 2.36. The maximum Gasteiger partial charge on any atom is 0.410 e. The third-order valence-electron chi connectivity index (χ3n) is 25.4. The number of carbonyl (C=O) groups is 13. The van der Waals surface area contributed by atoms with Crippen LogP contribution in [0.5, 0.6) is 0 Å². The van der Waals surface area contributed by atoms with Gasteiger partial charge in [0.05, 0.1) is 120 Å². The Labute approximate surface area is 807 Å². The van der Waals surface area contributed by atoms with E-state index < -0.39 is 206 Å². The zero-order valence-corrected chi connectivity index (χ0v) is 82.2. The topological polar surface area (TPSA) is 572 Å². The van der Waals surface area contributed by atoms with Crippen LogP contribution in [0.3, 0.4) is 0 Å². The number of amides is 14. The summed E-state index contributed by atoms with van der Waals surface area (Å²) in [4.78, 5) is 183. The van der Waals surface area contributed by atoms with Crippen molar-refractivity contribution in [1.82, 2.24) is 71.8 Å². The third kappa shape index (κ3) is 34.6. The number of fused-ring (bicyclic) bond motifs is 1. The number of methoxy groups -OCH3 is 2. The molecule has 14 amide bonds. The van der Waals surface area contributed by atoms with Crippen LogP contribution in [0.25, 0.3) is 0 Å². The Bertz CT molecular complexity index is 4380. The Kier molecular flexibility index (Phi) is 48.8. The van der Waals surface area contributed by atoms with Gasteiger partial charge in [-0.25, -0.2) is 14.3 Å². The minimum atomic E-state index is -1.65. The number of likely N-dealkylation sites (tertiary alicyclic amines) is 1. The van der Waals surface area contributed by atoms with Gasteiger partial charge >= 0.3 is 12.1 Å². The fourth-order valence-corrected chi connectivity index (χ4v) is 17.3. The van der Waals surface area contributed by atoms with E-state index in [2.05, 4.69) is 52.8 Å². The molecule has 2 fully saturated rings. The molecule has 3 aromatic rings. The molecule has 0 saturated carbocycles. The lowest BCUT2D eigenvalue weighted by Crippen LogP contribution is -2.60. The van der Waals surface area contributed by atoms with E-state index in [-0.39, 0.29) is 141 Å². The number of benzene rings is 2. The number of imide groups is 1. The molecule has 1 aliphatic carbocycles. The van der Waals surface area contributed by atoms with E-state index in [4.69, 9.17) is 48.4 Å². The number of primary amides is 1. The standard InChI is InChI=1S/C95H150N16O27/c1-15-59(8)81(70(130-13)52-76(117)109-42-25-31-68(109)86(131-14)60(9)87(122)99-61(10)82(118)63-26-18-16-19-27-63)107(11)92(127)78(57(4)5)104-91(126)80(58(6)7)108(12)95(129)137-54-62-33-35-64(36-34-62)100-88(123)66(29-24-41-98-94(96)128)102-90(125)77(56(2)3)103-89(124)65(101-72(113)39-44-132-46-48-134-50-51-135-49-47-133-45-43-110-74(115)37-38-75(110)116)28-22-23-40-97-73(114)55-136-69-32-21-17-20-30-67-79(69)105-106-111(67)93-85(121)84(120)83(119)71(53-112)138-93/h16,18-19,26-27,33-38,56-61,65-66,68-71,77-78,80-86,93,112,118-121H,15,17,20-25,28-32,39-55H2,1-14H3,(H,97,114)(H,99,122)(H,100,123)(H,101,113)(H,102,125)(H,103,124)(H,104,126)(H3,96,98,128)/t59-,60+,61+,65+,66-,68-,69?,70+,71+,77-,78-,80-,81-,82+,83-,84-,85+,86+,93+/m0/s1. The summed E-state index contributed by atoms with van der Waals surface area (Å²) in [5, 5.41) is 83.6. The molecular weight excluding hydrogens is 1800 g/mol. The number of aliphatic hydroxyl groups excluding tert-OH is 5. The number of nitrogens with two attached hydrogens (primary N) is 1. The van der Waals surface area contributed by atoms with Gasteiger partial charge in [-0.1, -0.05) is 129 Å². The van der Waals surface area contributed by atoms with E-state index in [1.807, 2.05) is 19.9 Å². The molecule has 0 spiro atoms. The van der Waals surface area contributed by atoms with Crippen LogP contribution in [-0.4, -0.2) is 343 Å². The highest BCUT2D eigenvalue weighted by molar-refractivity contribution is 6.13. The maximum absolute atomic E-state index is 15.0. The van der Waals surface area contributed by atoms with Crippen molar-refractivity contribution >= 4 is 82.8 Å². The number of hydrogen-bond acceptors (Lipinski definition) is 29. The Morgan fingerprint density at radius 1 is 0.630 bits per heavy atom. The predicted octanol–water partition coefficient (Wildman–Crippen LogP) is 2.18. The summed E-state index contributed by atoms with van der Waals surface area (Å²) >= 11 is 0. The molecule has 2 saturated heterocycles. The first-order valence-corrected chi connectivity index (χ1v) is 48.0. The second-order valence-electron chi connectivity index (χ2n) is 36.5. The number of anilines is 1. The van der Waals surface area contributed by atoms with Gasteiger partial charge in [0.2, 0.25) is 53.2 Å². The second kappa shape index (κ2) is 58.7. The number of likely N-dealkylation sites (N-methyl/N-ethyl adjacent to an activating group) is 2. The molecule has 43 nitrogen and oxygen atoms in total. The van der Waals surface area contributed by atoms with Crippen molar-refractivity contribution in [2.75, 3.05) is 126 Å². The lowest BCUT2D eigenvalue weighted by molar-refractivity contribution is -0.254. The molecule has 15 N–H and O–H groups in total. The van der Waals surface area contributed by atoms with Crippen LogP contribution in [0, 0.1) is 29.6 Å². The number of aliphatic hydroxyl groups is 5. The predicted molar refractivity (Wildman–Crippen MR) is 502 cm³/mol. The quantitative estimate of drug-likeness (QED) is 0.0284. The molecule has 19 atom stereocenters. The molecule has 4 heterocycles. The van der Waals surface area contributed by atoms with Gasteiger partial charge < -0.3 is 126 Å². The molecule has 3 aliphatic heterocycles. The molecule has 0 radical (unpaired) electrons. The highest BCUT2D eigenvalue weighted by Gasteiger charge is 2.48. The maximum atomic E-state index is 15.0. The van der Waals surface area contributed by atoms with Crippen LogP contribution in [0.1, 0.15) is 200 Å². The minimum absolute atomic E-state index is 0.0172. The average molecular weight is 1950 g/mol. The van der Waals surface area contributed by atoms with E-state index in [1.165, 1.54) is 55.1 Å². The van der Waals surface area contributed by atoms with E-state index in [0.717, 1.165) is 22.6 Å². The first-order chi connectivity index (χ1) is 65.9. The molecule has 4 aliphatic rings. The van der Waals surface area contributed by atoms with Crippen molar-refractivity contribution in [3.05, 3.63) is 89.3 Å². The normalized spacial score (nSPS) is 20.4. The van der Waals surface area contributed by atoms with Crippen LogP contribution in [0.4, 0.5) is 15.3 Å². The first-order valence-electron chi connectivity index (χ1n) is 48.0. The molecule has 7 rings (SSSR count). The number of ether oxygens (including phenoxy) is 9. The Morgan fingerprint density at radius 3 is 1.87 bits per heavy atom. The summed E-state index contributed by atoms with van der Waals surface area (Å²) in [7, 11) is 6.01. The molecule has 2 aromatic carbocycles. The average Bonchev–Trinajstić information content (AvgIpc) is 1.64.